The van der Waals surface area contributed by atoms with Gasteiger partial charge in [-0.2, -0.15) is 0 Å². The molecule has 1 saturated carbocycles. The Hall–Kier alpha value is -2.57. The summed E-state index contributed by atoms with van der Waals surface area (Å²) in [6.07, 6.45) is 7.11. The van der Waals surface area contributed by atoms with E-state index in [-0.39, 0.29) is 30.3 Å². The van der Waals surface area contributed by atoms with Crippen LogP contribution >= 0.6 is 0 Å². The Balaban J connectivity index is 1.59. The maximum atomic E-state index is 13.4. The van der Waals surface area contributed by atoms with Gasteiger partial charge in [0.1, 0.15) is 17.9 Å². The molecule has 2 heterocycles. The molecule has 4 rings (SSSR count). The number of likely N-dealkylation sites (N-methyl/N-ethyl adjacent to an activating group) is 1. The Morgan fingerprint density at radius 1 is 1.16 bits per heavy atom. The van der Waals surface area contributed by atoms with Crippen LogP contribution in [0.1, 0.15) is 61.7 Å². The molecule has 0 N–H and O–H groups in total. The molecule has 7 heteroatoms. The minimum Gasteiger partial charge on any atom is -0.485 e. The molecule has 0 aromatic heterocycles. The topological polar surface area (TPSA) is 70.2 Å². The first kappa shape index (κ1) is 21.7. The molecular formula is C24H33N3O4. The SMILES string of the molecule is CN1CCC2(CCC1=O)CN(CC(=O)N(C)C1CCCCC1)C(=O)c1ccccc1O2. The molecule has 1 spiro atoms. The lowest BCUT2D eigenvalue weighted by Gasteiger charge is -2.36. The molecule has 1 unspecified atom stereocenters. The van der Waals surface area contributed by atoms with E-state index in [4.69, 9.17) is 4.74 Å². The van der Waals surface area contributed by atoms with Crippen molar-refractivity contribution in [2.75, 3.05) is 33.7 Å². The third kappa shape index (κ3) is 4.55. The predicted octanol–water partition coefficient (Wildman–Crippen LogP) is 2.69. The number of amides is 3. The third-order valence-corrected chi connectivity index (χ3v) is 7.18. The fourth-order valence-corrected chi connectivity index (χ4v) is 5.07. The van der Waals surface area contributed by atoms with Crippen LogP contribution < -0.4 is 4.74 Å². The van der Waals surface area contributed by atoms with Crippen LogP contribution in [0.15, 0.2) is 24.3 Å². The van der Waals surface area contributed by atoms with Crippen molar-refractivity contribution < 1.29 is 19.1 Å². The van der Waals surface area contributed by atoms with Crippen molar-refractivity contribution >= 4 is 17.7 Å². The van der Waals surface area contributed by atoms with Gasteiger partial charge >= 0.3 is 0 Å². The van der Waals surface area contributed by atoms with Gasteiger partial charge in [0.15, 0.2) is 0 Å². The highest BCUT2D eigenvalue weighted by atomic mass is 16.5. The molecule has 3 amide bonds. The summed E-state index contributed by atoms with van der Waals surface area (Å²) in [7, 11) is 3.66. The van der Waals surface area contributed by atoms with Crippen LogP contribution in [0.3, 0.4) is 0 Å². The van der Waals surface area contributed by atoms with Crippen LogP contribution in [0.2, 0.25) is 0 Å². The van der Waals surface area contributed by atoms with Crippen molar-refractivity contribution in [2.24, 2.45) is 0 Å². The zero-order valence-electron chi connectivity index (χ0n) is 18.6. The highest BCUT2D eigenvalue weighted by Gasteiger charge is 2.43. The number of rotatable bonds is 3. The summed E-state index contributed by atoms with van der Waals surface area (Å²) in [5, 5.41) is 0. The zero-order chi connectivity index (χ0) is 22.0. The van der Waals surface area contributed by atoms with Crippen LogP contribution in [0.5, 0.6) is 5.75 Å². The molecule has 1 aromatic rings. The maximum Gasteiger partial charge on any atom is 0.258 e. The van der Waals surface area contributed by atoms with E-state index in [2.05, 4.69) is 0 Å². The normalized spacial score (nSPS) is 25.0. The lowest BCUT2D eigenvalue weighted by atomic mass is 9.93. The highest BCUT2D eigenvalue weighted by Crippen LogP contribution is 2.35. The molecule has 0 bridgehead atoms. The van der Waals surface area contributed by atoms with Crippen LogP contribution in [-0.4, -0.2) is 77.8 Å². The molecule has 1 saturated heterocycles. The fraction of sp³-hybridized carbons (Fsp3) is 0.625. The Morgan fingerprint density at radius 3 is 2.68 bits per heavy atom. The van der Waals surface area contributed by atoms with Crippen molar-refractivity contribution in [1.82, 2.24) is 14.7 Å². The van der Waals surface area contributed by atoms with E-state index in [1.807, 2.05) is 30.1 Å². The van der Waals surface area contributed by atoms with E-state index in [1.54, 1.807) is 22.9 Å². The minimum atomic E-state index is -0.674. The number of carbonyl (C=O) groups is 3. The smallest absolute Gasteiger partial charge is 0.258 e. The number of likely N-dealkylation sites (tertiary alicyclic amines) is 1. The standard InChI is InChI=1S/C24H33N3O4/c1-25-15-14-24(13-12-21(25)28)17-27(23(30)19-10-6-7-11-20(19)31-24)16-22(29)26(2)18-8-4-3-5-9-18/h6-7,10-11,18H,3-5,8-9,12-17H2,1-2H3. The summed E-state index contributed by atoms with van der Waals surface area (Å²) >= 11 is 0. The Bertz CT molecular complexity index is 851. The highest BCUT2D eigenvalue weighted by molar-refractivity contribution is 5.99. The van der Waals surface area contributed by atoms with Gasteiger partial charge in [-0.1, -0.05) is 31.4 Å². The largest absolute Gasteiger partial charge is 0.485 e. The summed E-state index contributed by atoms with van der Waals surface area (Å²) in [4.78, 5) is 44.1. The number of nitrogens with zero attached hydrogens (tertiary/aromatic N) is 3. The summed E-state index contributed by atoms with van der Waals surface area (Å²) < 4.78 is 6.45. The summed E-state index contributed by atoms with van der Waals surface area (Å²) in [6, 6.07) is 7.49. The third-order valence-electron chi connectivity index (χ3n) is 7.18. The number of ether oxygens (including phenoxy) is 1. The van der Waals surface area contributed by atoms with Crippen molar-refractivity contribution in [1.29, 1.82) is 0 Å². The van der Waals surface area contributed by atoms with E-state index in [9.17, 15) is 14.4 Å². The molecule has 2 fully saturated rings. The van der Waals surface area contributed by atoms with Crippen LogP contribution in [0, 0.1) is 0 Å². The van der Waals surface area contributed by atoms with Gasteiger partial charge < -0.3 is 19.4 Å². The molecule has 0 radical (unpaired) electrons. The number of fused-ring (bicyclic) bond motifs is 1. The average molecular weight is 428 g/mol. The van der Waals surface area contributed by atoms with Crippen LogP contribution in [0.4, 0.5) is 0 Å². The predicted molar refractivity (Wildman–Crippen MR) is 117 cm³/mol. The summed E-state index contributed by atoms with van der Waals surface area (Å²) in [6.45, 7) is 0.917. The van der Waals surface area contributed by atoms with Gasteiger partial charge in [0.25, 0.3) is 5.91 Å². The molecule has 2 aliphatic heterocycles. The van der Waals surface area contributed by atoms with Crippen molar-refractivity contribution in [3.05, 3.63) is 29.8 Å². The first-order valence-electron chi connectivity index (χ1n) is 11.5. The summed E-state index contributed by atoms with van der Waals surface area (Å²) in [5.74, 6) is 0.419. The fourth-order valence-electron chi connectivity index (χ4n) is 5.07. The molecule has 7 nitrogen and oxygen atoms in total. The van der Waals surface area contributed by atoms with Gasteiger partial charge in [0, 0.05) is 39.5 Å². The molecule has 31 heavy (non-hydrogen) atoms. The Morgan fingerprint density at radius 2 is 1.90 bits per heavy atom. The first-order chi connectivity index (χ1) is 14.9. The average Bonchev–Trinajstić information content (AvgIpc) is 3.00. The minimum absolute atomic E-state index is 0.0309. The number of hydrogen-bond acceptors (Lipinski definition) is 4. The Labute approximate surface area is 184 Å². The van der Waals surface area contributed by atoms with Gasteiger partial charge in [0.05, 0.1) is 12.1 Å². The van der Waals surface area contributed by atoms with E-state index < -0.39 is 5.60 Å². The first-order valence-corrected chi connectivity index (χ1v) is 11.5. The van der Waals surface area contributed by atoms with Crippen LogP contribution in [-0.2, 0) is 9.59 Å². The second-order valence-electron chi connectivity index (χ2n) is 9.30. The molecule has 1 aliphatic carbocycles. The van der Waals surface area contributed by atoms with E-state index in [0.717, 1.165) is 25.7 Å². The Kier molecular flexibility index (Phi) is 6.21. The van der Waals surface area contributed by atoms with Crippen molar-refractivity contribution in [3.63, 3.8) is 0 Å². The zero-order valence-corrected chi connectivity index (χ0v) is 18.6. The second kappa shape index (κ2) is 8.89. The molecule has 1 aromatic carbocycles. The van der Waals surface area contributed by atoms with Gasteiger partial charge in [-0.15, -0.1) is 0 Å². The molecule has 1 atom stereocenters. The van der Waals surface area contributed by atoms with Crippen molar-refractivity contribution in [2.45, 2.75) is 63.0 Å². The van der Waals surface area contributed by atoms with Gasteiger partial charge in [-0.05, 0) is 31.4 Å². The maximum absolute atomic E-state index is 13.4. The van der Waals surface area contributed by atoms with Gasteiger partial charge in [0.2, 0.25) is 11.8 Å². The van der Waals surface area contributed by atoms with Crippen LogP contribution in [0.25, 0.3) is 0 Å². The number of carbonyl (C=O) groups excluding carboxylic acids is 3. The molecule has 3 aliphatic rings. The monoisotopic (exact) mass is 427 g/mol. The van der Waals surface area contributed by atoms with Crippen molar-refractivity contribution in [3.8, 4) is 5.75 Å². The van der Waals surface area contributed by atoms with E-state index >= 15 is 0 Å². The number of para-hydroxylation sites is 1. The number of hydrogen-bond donors (Lipinski definition) is 0. The number of benzene rings is 1. The van der Waals surface area contributed by atoms with Gasteiger partial charge in [-0.3, -0.25) is 14.4 Å². The van der Waals surface area contributed by atoms with E-state index in [1.165, 1.54) is 6.42 Å². The van der Waals surface area contributed by atoms with Gasteiger partial charge in [-0.25, -0.2) is 0 Å². The second-order valence-corrected chi connectivity index (χ2v) is 9.30. The lowest BCUT2D eigenvalue weighted by molar-refractivity contribution is -0.134. The molecule has 168 valence electrons. The van der Waals surface area contributed by atoms with E-state index in [0.29, 0.717) is 43.7 Å². The summed E-state index contributed by atoms with van der Waals surface area (Å²) in [5.41, 5.74) is -0.191. The quantitative estimate of drug-likeness (QED) is 0.744. The molecular weight excluding hydrogens is 394 g/mol. The lowest BCUT2D eigenvalue weighted by Crippen LogP contribution is -2.51.